The average Bonchev–Trinajstić information content (AvgIpc) is 2.95. The first-order valence-electron chi connectivity index (χ1n) is 7.49. The zero-order valence-corrected chi connectivity index (χ0v) is 14.2. The van der Waals surface area contributed by atoms with Crippen molar-refractivity contribution in [2.24, 2.45) is 4.99 Å². The summed E-state index contributed by atoms with van der Waals surface area (Å²) in [6.45, 7) is 4.06. The number of thioether (sulfide) groups is 1. The maximum Gasteiger partial charge on any atom is 0.441 e. The van der Waals surface area contributed by atoms with Crippen LogP contribution in [0.3, 0.4) is 0 Å². The van der Waals surface area contributed by atoms with Gasteiger partial charge in [-0.25, -0.2) is 4.79 Å². The smallest absolute Gasteiger partial charge is 0.409 e. The summed E-state index contributed by atoms with van der Waals surface area (Å²) in [5.74, 6) is 0.328. The van der Waals surface area contributed by atoms with E-state index in [1.165, 1.54) is 17.0 Å². The molecule has 8 heteroatoms. The van der Waals surface area contributed by atoms with Crippen molar-refractivity contribution in [3.8, 4) is 5.75 Å². The van der Waals surface area contributed by atoms with Crippen molar-refractivity contribution >= 4 is 28.7 Å². The number of hydrogen-bond acceptors (Lipinski definition) is 3. The molecule has 0 saturated carbocycles. The van der Waals surface area contributed by atoms with Crippen molar-refractivity contribution in [2.75, 3.05) is 11.4 Å². The van der Waals surface area contributed by atoms with Gasteiger partial charge in [0.05, 0.1) is 12.1 Å². The van der Waals surface area contributed by atoms with E-state index in [1.807, 2.05) is 0 Å². The molecule has 1 fully saturated rings. The molecule has 0 atom stereocenters. The number of amidine groups is 1. The highest BCUT2D eigenvalue weighted by atomic mass is 32.2. The van der Waals surface area contributed by atoms with Gasteiger partial charge in [-0.15, -0.1) is 0 Å². The predicted molar refractivity (Wildman–Crippen MR) is 95.4 cm³/mol. The molecule has 2 aromatic carbocycles. The molecule has 0 bridgehead atoms. The van der Waals surface area contributed by atoms with Crippen LogP contribution in [-0.2, 0) is 6.18 Å². The third-order valence-corrected chi connectivity index (χ3v) is 4.33. The second-order valence-corrected chi connectivity index (χ2v) is 6.50. The normalized spacial score (nSPS) is 16.2. The Balaban J connectivity index is 1.85. The van der Waals surface area contributed by atoms with Crippen LogP contribution in [0.15, 0.2) is 71.1 Å². The molecule has 0 radical (unpaired) electrons. The standard InChI is InChI=1S/C18H13F3N2O2S/c1-12-11-23(14-7-5-6-13(10-14)18(19,20)21)16(26-12)22-17(24)25-15-8-3-2-4-9-15/h2-10H,1,11H2. The second kappa shape index (κ2) is 7.25. The molecule has 0 aromatic heterocycles. The van der Waals surface area contributed by atoms with Crippen molar-refractivity contribution in [2.45, 2.75) is 6.18 Å². The molecule has 4 nitrogen and oxygen atoms in total. The highest BCUT2D eigenvalue weighted by molar-refractivity contribution is 8.18. The summed E-state index contributed by atoms with van der Waals surface area (Å²) < 4.78 is 43.9. The maximum absolute atomic E-state index is 12.9. The molecule has 0 N–H and O–H groups in total. The quantitative estimate of drug-likeness (QED) is 0.709. The molecule has 0 spiro atoms. The number of halogens is 3. The van der Waals surface area contributed by atoms with Crippen molar-refractivity contribution in [1.82, 2.24) is 0 Å². The summed E-state index contributed by atoms with van der Waals surface area (Å²) in [7, 11) is 0. The fourth-order valence-electron chi connectivity index (χ4n) is 2.29. The van der Waals surface area contributed by atoms with Crippen LogP contribution in [0.25, 0.3) is 0 Å². The zero-order chi connectivity index (χ0) is 18.7. The van der Waals surface area contributed by atoms with Crippen molar-refractivity contribution < 1.29 is 22.7 Å². The lowest BCUT2D eigenvalue weighted by Crippen LogP contribution is -2.25. The Hall–Kier alpha value is -2.74. The van der Waals surface area contributed by atoms with Gasteiger partial charge < -0.3 is 9.64 Å². The van der Waals surface area contributed by atoms with E-state index < -0.39 is 17.8 Å². The number of carbonyl (C=O) groups is 1. The SMILES string of the molecule is C=C1CN(c2cccc(C(F)(F)F)c2)C(=NC(=O)Oc2ccccc2)S1. The van der Waals surface area contributed by atoms with Crippen molar-refractivity contribution in [3.05, 3.63) is 71.6 Å². The molecular weight excluding hydrogens is 365 g/mol. The van der Waals surface area contributed by atoms with Gasteiger partial charge in [-0.1, -0.05) is 42.6 Å². The molecule has 1 aliphatic rings. The van der Waals surface area contributed by atoms with Crippen LogP contribution in [0.5, 0.6) is 5.75 Å². The van der Waals surface area contributed by atoms with Crippen LogP contribution in [0.1, 0.15) is 5.56 Å². The van der Waals surface area contributed by atoms with Crippen LogP contribution in [0, 0.1) is 0 Å². The van der Waals surface area contributed by atoms with Crippen LogP contribution in [0.4, 0.5) is 23.7 Å². The lowest BCUT2D eigenvalue weighted by molar-refractivity contribution is -0.137. The first kappa shape index (κ1) is 18.1. The summed E-state index contributed by atoms with van der Waals surface area (Å²) in [5, 5.41) is 0.218. The van der Waals surface area contributed by atoms with Gasteiger partial charge in [0.2, 0.25) is 0 Å². The summed E-state index contributed by atoms with van der Waals surface area (Å²) in [6, 6.07) is 13.2. The molecule has 2 aromatic rings. The van der Waals surface area contributed by atoms with E-state index in [0.29, 0.717) is 10.7 Å². The number of hydrogen-bond donors (Lipinski definition) is 0. The third kappa shape index (κ3) is 4.26. The van der Waals surface area contributed by atoms with E-state index in [1.54, 1.807) is 30.3 Å². The van der Waals surface area contributed by atoms with E-state index in [-0.39, 0.29) is 17.4 Å². The summed E-state index contributed by atoms with van der Waals surface area (Å²) >= 11 is 1.12. The van der Waals surface area contributed by atoms with Crippen LogP contribution >= 0.6 is 11.8 Å². The molecule has 0 aliphatic carbocycles. The first-order valence-corrected chi connectivity index (χ1v) is 8.30. The Bertz CT molecular complexity index is 866. The minimum Gasteiger partial charge on any atom is -0.409 e. The number of alkyl halides is 3. The van der Waals surface area contributed by atoms with E-state index >= 15 is 0 Å². The molecule has 1 amide bonds. The first-order chi connectivity index (χ1) is 12.3. The van der Waals surface area contributed by atoms with Gasteiger partial charge in [0.25, 0.3) is 0 Å². The lowest BCUT2D eigenvalue weighted by Gasteiger charge is -2.18. The second-order valence-electron chi connectivity index (χ2n) is 5.35. The number of amides is 1. The number of rotatable bonds is 2. The number of aliphatic imine (C=N–C) groups is 1. The minimum atomic E-state index is -4.45. The molecule has 26 heavy (non-hydrogen) atoms. The van der Waals surface area contributed by atoms with E-state index in [2.05, 4.69) is 11.6 Å². The van der Waals surface area contributed by atoms with Crippen LogP contribution in [0.2, 0.25) is 0 Å². The number of carbonyl (C=O) groups excluding carboxylic acids is 1. The van der Waals surface area contributed by atoms with E-state index in [4.69, 9.17) is 4.74 Å². The minimum absolute atomic E-state index is 0.218. The topological polar surface area (TPSA) is 41.9 Å². The molecule has 3 rings (SSSR count). The Morgan fingerprint density at radius 2 is 1.88 bits per heavy atom. The Morgan fingerprint density at radius 1 is 1.15 bits per heavy atom. The van der Waals surface area contributed by atoms with Crippen LogP contribution in [-0.4, -0.2) is 17.8 Å². The summed E-state index contributed by atoms with van der Waals surface area (Å²) in [5.41, 5.74) is -0.499. The van der Waals surface area contributed by atoms with Crippen molar-refractivity contribution in [3.63, 3.8) is 0 Å². The molecule has 1 saturated heterocycles. The monoisotopic (exact) mass is 378 g/mol. The van der Waals surface area contributed by atoms with Gasteiger partial charge in [0.15, 0.2) is 5.17 Å². The summed E-state index contributed by atoms with van der Waals surface area (Å²) in [6.07, 6.45) is -5.31. The van der Waals surface area contributed by atoms with E-state index in [9.17, 15) is 18.0 Å². The number of benzene rings is 2. The highest BCUT2D eigenvalue weighted by Crippen LogP contribution is 2.36. The average molecular weight is 378 g/mol. The fourth-order valence-corrected chi connectivity index (χ4v) is 3.14. The van der Waals surface area contributed by atoms with Gasteiger partial charge in [-0.05, 0) is 30.3 Å². The molecular formula is C18H13F3N2O2S. The van der Waals surface area contributed by atoms with Gasteiger partial charge in [0, 0.05) is 10.6 Å². The Labute approximate surface area is 152 Å². The Kier molecular flexibility index (Phi) is 5.03. The largest absolute Gasteiger partial charge is 0.441 e. The van der Waals surface area contributed by atoms with Gasteiger partial charge in [-0.3, -0.25) is 0 Å². The summed E-state index contributed by atoms with van der Waals surface area (Å²) in [4.78, 5) is 18.0. The third-order valence-electron chi connectivity index (χ3n) is 3.42. The predicted octanol–water partition coefficient (Wildman–Crippen LogP) is 5.33. The Morgan fingerprint density at radius 3 is 2.58 bits per heavy atom. The molecule has 0 unspecified atom stereocenters. The number of nitrogens with zero attached hydrogens (tertiary/aromatic N) is 2. The fraction of sp³-hybridized carbons (Fsp3) is 0.111. The van der Waals surface area contributed by atoms with Crippen molar-refractivity contribution in [1.29, 1.82) is 0 Å². The number of para-hydroxylation sites is 1. The van der Waals surface area contributed by atoms with Gasteiger partial charge in [-0.2, -0.15) is 18.2 Å². The number of anilines is 1. The molecule has 134 valence electrons. The lowest BCUT2D eigenvalue weighted by atomic mass is 10.2. The molecule has 1 heterocycles. The van der Waals surface area contributed by atoms with Crippen LogP contribution < -0.4 is 9.64 Å². The molecule has 1 aliphatic heterocycles. The maximum atomic E-state index is 12.9. The zero-order valence-electron chi connectivity index (χ0n) is 13.4. The number of ether oxygens (including phenoxy) is 1. The van der Waals surface area contributed by atoms with Gasteiger partial charge >= 0.3 is 12.3 Å². The van der Waals surface area contributed by atoms with E-state index in [0.717, 1.165) is 23.9 Å². The highest BCUT2D eigenvalue weighted by Gasteiger charge is 2.32. The van der Waals surface area contributed by atoms with Gasteiger partial charge in [0.1, 0.15) is 5.75 Å².